The molecule has 0 amide bonds. The number of aryl methyl sites for hydroxylation is 1. The van der Waals surface area contributed by atoms with E-state index in [2.05, 4.69) is 0 Å². The van der Waals surface area contributed by atoms with Gasteiger partial charge in [-0.15, -0.1) is 0 Å². The van der Waals surface area contributed by atoms with Crippen molar-refractivity contribution >= 4 is 0 Å². The lowest BCUT2D eigenvalue weighted by Gasteiger charge is -2.25. The second kappa shape index (κ2) is 3.81. The maximum absolute atomic E-state index is 13.3. The first-order valence-corrected chi connectivity index (χ1v) is 4.30. The van der Waals surface area contributed by atoms with Crippen LogP contribution in [0.3, 0.4) is 0 Å². The molecule has 5 heteroatoms. The molecule has 0 saturated heterocycles. The molecule has 1 rings (SSSR count). The molecule has 1 nitrogen and oxygen atoms in total. The summed E-state index contributed by atoms with van der Waals surface area (Å²) in [7, 11) is 0. The van der Waals surface area contributed by atoms with Gasteiger partial charge in [0.1, 0.15) is 17.2 Å². The highest BCUT2D eigenvalue weighted by Gasteiger charge is 2.37. The summed E-state index contributed by atoms with van der Waals surface area (Å²) in [4.78, 5) is 0. The quantitative estimate of drug-likeness (QED) is 0.763. The van der Waals surface area contributed by atoms with E-state index < -0.39 is 29.2 Å². The topological polar surface area (TPSA) is 26.0 Å². The van der Waals surface area contributed by atoms with Crippen molar-refractivity contribution in [2.45, 2.75) is 25.8 Å². The van der Waals surface area contributed by atoms with Crippen LogP contribution in [0.2, 0.25) is 0 Å². The minimum absolute atomic E-state index is 0.318. The highest BCUT2D eigenvalue weighted by molar-refractivity contribution is 5.31. The number of halogens is 4. The summed E-state index contributed by atoms with van der Waals surface area (Å²) in [5.41, 5.74) is 2.43. The second-order valence-corrected chi connectivity index (χ2v) is 3.69. The Morgan fingerprint density at radius 1 is 1.20 bits per heavy atom. The first-order chi connectivity index (χ1) is 6.76. The van der Waals surface area contributed by atoms with Gasteiger partial charge >= 0.3 is 0 Å². The van der Waals surface area contributed by atoms with E-state index in [1.54, 1.807) is 0 Å². The van der Waals surface area contributed by atoms with Gasteiger partial charge in [-0.1, -0.05) is 0 Å². The van der Waals surface area contributed by atoms with Gasteiger partial charge in [-0.25, -0.2) is 17.6 Å². The third-order valence-electron chi connectivity index (χ3n) is 2.18. The van der Waals surface area contributed by atoms with Crippen molar-refractivity contribution < 1.29 is 17.6 Å². The maximum Gasteiger partial charge on any atom is 0.260 e. The van der Waals surface area contributed by atoms with Crippen LogP contribution in [0.5, 0.6) is 0 Å². The predicted octanol–water partition coefficient (Wildman–Crippen LogP) is 2.71. The highest BCUT2D eigenvalue weighted by atomic mass is 19.3. The van der Waals surface area contributed by atoms with Crippen molar-refractivity contribution in [2.75, 3.05) is 0 Å². The Morgan fingerprint density at radius 3 is 1.93 bits per heavy atom. The number of hydrogen-bond acceptors (Lipinski definition) is 1. The van der Waals surface area contributed by atoms with Crippen molar-refractivity contribution in [3.05, 3.63) is 34.9 Å². The van der Waals surface area contributed by atoms with Gasteiger partial charge in [-0.3, -0.25) is 0 Å². The molecule has 1 atom stereocenters. The molecule has 15 heavy (non-hydrogen) atoms. The molecule has 0 aromatic heterocycles. The third kappa shape index (κ3) is 2.12. The SMILES string of the molecule is Cc1cc(F)c(C(C)(N)C(F)F)c(F)c1. The molecule has 0 aliphatic carbocycles. The van der Waals surface area contributed by atoms with Crippen LogP contribution in [0.4, 0.5) is 17.6 Å². The molecule has 0 spiro atoms. The summed E-state index contributed by atoms with van der Waals surface area (Å²) in [5.74, 6) is -2.09. The Kier molecular flexibility index (Phi) is 3.04. The number of alkyl halides is 2. The van der Waals surface area contributed by atoms with Crippen molar-refractivity contribution in [1.29, 1.82) is 0 Å². The molecular formula is C10H11F4N. The Labute approximate surface area is 84.9 Å². The summed E-state index contributed by atoms with van der Waals surface area (Å²) < 4.78 is 51.6. The van der Waals surface area contributed by atoms with Crippen molar-refractivity contribution in [3.8, 4) is 0 Å². The molecular weight excluding hydrogens is 210 g/mol. The van der Waals surface area contributed by atoms with Crippen LogP contribution in [0.1, 0.15) is 18.1 Å². The lowest BCUT2D eigenvalue weighted by molar-refractivity contribution is 0.0582. The fourth-order valence-corrected chi connectivity index (χ4v) is 1.32. The van der Waals surface area contributed by atoms with Gasteiger partial charge < -0.3 is 5.73 Å². The minimum Gasteiger partial charge on any atom is -0.317 e. The van der Waals surface area contributed by atoms with E-state index in [1.165, 1.54) is 6.92 Å². The first-order valence-electron chi connectivity index (χ1n) is 4.30. The van der Waals surface area contributed by atoms with Gasteiger partial charge in [0.15, 0.2) is 0 Å². The molecule has 84 valence electrons. The molecule has 1 aromatic rings. The summed E-state index contributed by atoms with van der Waals surface area (Å²) in [6.07, 6.45) is -3.04. The van der Waals surface area contributed by atoms with Crippen LogP contribution < -0.4 is 5.73 Å². The smallest absolute Gasteiger partial charge is 0.260 e. The number of benzene rings is 1. The zero-order valence-corrected chi connectivity index (χ0v) is 8.32. The van der Waals surface area contributed by atoms with Crippen LogP contribution in [0.25, 0.3) is 0 Å². The zero-order chi connectivity index (χ0) is 11.8. The second-order valence-electron chi connectivity index (χ2n) is 3.69. The van der Waals surface area contributed by atoms with Crippen LogP contribution in [-0.4, -0.2) is 6.43 Å². The fraction of sp³-hybridized carbons (Fsp3) is 0.400. The van der Waals surface area contributed by atoms with Gasteiger partial charge in [0, 0.05) is 5.56 Å². The fourth-order valence-electron chi connectivity index (χ4n) is 1.32. The number of nitrogens with two attached hydrogens (primary N) is 1. The molecule has 0 heterocycles. The van der Waals surface area contributed by atoms with Crippen LogP contribution in [0.15, 0.2) is 12.1 Å². The summed E-state index contributed by atoms with van der Waals surface area (Å²) in [6, 6.07) is 1.96. The Morgan fingerprint density at radius 2 is 1.60 bits per heavy atom. The van der Waals surface area contributed by atoms with E-state index >= 15 is 0 Å². The number of rotatable bonds is 2. The molecule has 1 aromatic carbocycles. The first kappa shape index (κ1) is 12.0. The standard InChI is InChI=1S/C10H11F4N/c1-5-3-6(11)8(7(12)4-5)10(2,15)9(13)14/h3-4,9H,15H2,1-2H3. The van der Waals surface area contributed by atoms with E-state index in [0.717, 1.165) is 19.1 Å². The number of hydrogen-bond donors (Lipinski definition) is 1. The average Bonchev–Trinajstić information content (AvgIpc) is 2.00. The summed E-state index contributed by atoms with van der Waals surface area (Å²) in [5, 5.41) is 0. The molecule has 0 bridgehead atoms. The summed E-state index contributed by atoms with van der Waals surface area (Å²) in [6.45, 7) is 2.36. The maximum atomic E-state index is 13.3. The van der Waals surface area contributed by atoms with Crippen molar-refractivity contribution in [2.24, 2.45) is 5.73 Å². The van der Waals surface area contributed by atoms with E-state index in [9.17, 15) is 17.6 Å². The summed E-state index contributed by atoms with van der Waals surface area (Å²) >= 11 is 0. The Bertz CT molecular complexity index is 351. The van der Waals surface area contributed by atoms with Crippen LogP contribution in [-0.2, 0) is 5.54 Å². The minimum atomic E-state index is -3.04. The lowest BCUT2D eigenvalue weighted by Crippen LogP contribution is -2.42. The van der Waals surface area contributed by atoms with E-state index in [1.807, 2.05) is 0 Å². The van der Waals surface area contributed by atoms with Gasteiger partial charge in [-0.2, -0.15) is 0 Å². The van der Waals surface area contributed by atoms with Crippen LogP contribution >= 0.6 is 0 Å². The van der Waals surface area contributed by atoms with E-state index in [4.69, 9.17) is 5.73 Å². The molecule has 0 aliphatic rings. The van der Waals surface area contributed by atoms with Gasteiger partial charge in [0.05, 0.1) is 0 Å². The van der Waals surface area contributed by atoms with Gasteiger partial charge in [0.25, 0.3) is 6.43 Å². The third-order valence-corrected chi connectivity index (χ3v) is 2.18. The molecule has 0 saturated carbocycles. The van der Waals surface area contributed by atoms with Gasteiger partial charge in [-0.05, 0) is 31.5 Å². The highest BCUT2D eigenvalue weighted by Crippen LogP contribution is 2.30. The lowest BCUT2D eigenvalue weighted by atomic mass is 9.92. The molecule has 0 radical (unpaired) electrons. The molecule has 1 unspecified atom stereocenters. The Hall–Kier alpha value is -1.10. The van der Waals surface area contributed by atoms with Crippen LogP contribution in [0, 0.1) is 18.6 Å². The van der Waals surface area contributed by atoms with Crippen molar-refractivity contribution in [3.63, 3.8) is 0 Å². The normalized spacial score (nSPS) is 15.5. The zero-order valence-electron chi connectivity index (χ0n) is 8.32. The monoisotopic (exact) mass is 221 g/mol. The van der Waals surface area contributed by atoms with Crippen molar-refractivity contribution in [1.82, 2.24) is 0 Å². The predicted molar refractivity (Wildman–Crippen MR) is 48.6 cm³/mol. The molecule has 2 N–H and O–H groups in total. The van der Waals surface area contributed by atoms with E-state index in [0.29, 0.717) is 5.56 Å². The van der Waals surface area contributed by atoms with E-state index in [-0.39, 0.29) is 0 Å². The average molecular weight is 221 g/mol. The molecule has 0 aliphatic heterocycles. The van der Waals surface area contributed by atoms with Gasteiger partial charge in [0.2, 0.25) is 0 Å². The largest absolute Gasteiger partial charge is 0.317 e. The Balaban J connectivity index is 3.38. The molecule has 0 fully saturated rings.